The van der Waals surface area contributed by atoms with E-state index in [4.69, 9.17) is 0 Å². The maximum Gasteiger partial charge on any atom is 0.0929 e. The first-order valence-electron chi connectivity index (χ1n) is 4.84. The first-order valence-corrected chi connectivity index (χ1v) is 4.84. The van der Waals surface area contributed by atoms with Crippen LogP contribution in [0.2, 0.25) is 0 Å². The van der Waals surface area contributed by atoms with Crippen LogP contribution in [0.4, 0.5) is 0 Å². The van der Waals surface area contributed by atoms with Gasteiger partial charge < -0.3 is 5.11 Å². The van der Waals surface area contributed by atoms with Gasteiger partial charge in [-0.3, -0.25) is 0 Å². The molecule has 1 fully saturated rings. The van der Waals surface area contributed by atoms with E-state index in [1.54, 1.807) is 0 Å². The van der Waals surface area contributed by atoms with E-state index in [0.29, 0.717) is 5.92 Å². The number of hydrogen-bond acceptors (Lipinski definition) is 1. The Morgan fingerprint density at radius 1 is 1.38 bits per heavy atom. The molecule has 2 rings (SSSR count). The lowest BCUT2D eigenvalue weighted by Gasteiger charge is -2.13. The van der Waals surface area contributed by atoms with Crippen molar-refractivity contribution in [3.8, 4) is 0 Å². The van der Waals surface area contributed by atoms with Crippen molar-refractivity contribution < 1.29 is 5.11 Å². The Kier molecular flexibility index (Phi) is 1.74. The molecule has 0 aromatic heterocycles. The summed E-state index contributed by atoms with van der Waals surface area (Å²) in [5, 5.41) is 10.2. The Morgan fingerprint density at radius 3 is 2.54 bits per heavy atom. The van der Waals surface area contributed by atoms with Crippen molar-refractivity contribution in [3.63, 3.8) is 0 Å². The molecule has 0 radical (unpaired) electrons. The number of aliphatic hydroxyl groups is 1. The first kappa shape index (κ1) is 8.76. The summed E-state index contributed by atoms with van der Waals surface area (Å²) in [5.74, 6) is 0.424. The molecule has 1 aliphatic carbocycles. The predicted octanol–water partition coefficient (Wildman–Crippen LogP) is 2.53. The molecule has 0 aliphatic heterocycles. The summed E-state index contributed by atoms with van der Waals surface area (Å²) >= 11 is 0. The highest BCUT2D eigenvalue weighted by atomic mass is 16.3. The van der Waals surface area contributed by atoms with E-state index in [0.717, 1.165) is 12.0 Å². The molecule has 1 heteroatoms. The molecule has 1 aliphatic rings. The predicted molar refractivity (Wildman–Crippen MR) is 53.6 cm³/mol. The molecule has 1 N–H and O–H groups in total. The molecule has 0 spiro atoms. The molecule has 2 unspecified atom stereocenters. The van der Waals surface area contributed by atoms with E-state index in [1.165, 1.54) is 11.1 Å². The van der Waals surface area contributed by atoms with Gasteiger partial charge in [-0.05, 0) is 37.3 Å². The summed E-state index contributed by atoms with van der Waals surface area (Å²) in [7, 11) is 0. The van der Waals surface area contributed by atoms with Gasteiger partial charge >= 0.3 is 0 Å². The fourth-order valence-corrected chi connectivity index (χ4v) is 1.99. The number of hydrogen-bond donors (Lipinski definition) is 1. The molecular formula is C12H16O. The standard InChI is InChI=1S/C12H16O/c1-8-4-5-9(2)11(6-8)12(13)7-10(12)3/h4-6,10,13H,7H2,1-3H3. The molecule has 0 bridgehead atoms. The smallest absolute Gasteiger partial charge is 0.0929 e. The van der Waals surface area contributed by atoms with Gasteiger partial charge in [0.1, 0.15) is 0 Å². The van der Waals surface area contributed by atoms with E-state index in [-0.39, 0.29) is 0 Å². The van der Waals surface area contributed by atoms with Crippen LogP contribution in [0.1, 0.15) is 30.0 Å². The van der Waals surface area contributed by atoms with E-state index < -0.39 is 5.60 Å². The minimum Gasteiger partial charge on any atom is -0.385 e. The third-order valence-corrected chi connectivity index (χ3v) is 3.13. The zero-order chi connectivity index (χ0) is 9.64. The quantitative estimate of drug-likeness (QED) is 0.697. The minimum atomic E-state index is -0.518. The van der Waals surface area contributed by atoms with Crippen molar-refractivity contribution in [2.75, 3.05) is 0 Å². The zero-order valence-electron chi connectivity index (χ0n) is 8.46. The first-order chi connectivity index (χ1) is 6.04. The van der Waals surface area contributed by atoms with Crippen LogP contribution in [0, 0.1) is 19.8 Å². The molecule has 1 aromatic carbocycles. The highest BCUT2D eigenvalue weighted by molar-refractivity contribution is 5.38. The Labute approximate surface area is 79.4 Å². The maximum absolute atomic E-state index is 10.2. The van der Waals surface area contributed by atoms with Gasteiger partial charge in [-0.2, -0.15) is 0 Å². The highest BCUT2D eigenvalue weighted by Crippen LogP contribution is 2.52. The molecule has 13 heavy (non-hydrogen) atoms. The van der Waals surface area contributed by atoms with Crippen molar-refractivity contribution in [2.24, 2.45) is 5.92 Å². The van der Waals surface area contributed by atoms with Gasteiger partial charge in [0.2, 0.25) is 0 Å². The minimum absolute atomic E-state index is 0.424. The van der Waals surface area contributed by atoms with E-state index >= 15 is 0 Å². The SMILES string of the molecule is Cc1ccc(C)c(C2(O)CC2C)c1. The summed E-state index contributed by atoms with van der Waals surface area (Å²) in [6.07, 6.45) is 0.914. The molecule has 0 saturated heterocycles. The van der Waals surface area contributed by atoms with Gasteiger partial charge in [0.15, 0.2) is 0 Å². The summed E-state index contributed by atoms with van der Waals surface area (Å²) in [6.45, 7) is 6.24. The number of benzene rings is 1. The molecular weight excluding hydrogens is 160 g/mol. The van der Waals surface area contributed by atoms with Crippen LogP contribution in [-0.4, -0.2) is 5.11 Å². The van der Waals surface area contributed by atoms with Crippen LogP contribution in [0.3, 0.4) is 0 Å². The second-order valence-electron chi connectivity index (χ2n) is 4.35. The van der Waals surface area contributed by atoms with Gasteiger partial charge in [-0.1, -0.05) is 30.7 Å². The van der Waals surface area contributed by atoms with Gasteiger partial charge in [0, 0.05) is 0 Å². The van der Waals surface area contributed by atoms with Gasteiger partial charge in [0.25, 0.3) is 0 Å². The number of aryl methyl sites for hydroxylation is 2. The topological polar surface area (TPSA) is 20.2 Å². The summed E-state index contributed by atoms with van der Waals surface area (Å²) in [4.78, 5) is 0. The summed E-state index contributed by atoms with van der Waals surface area (Å²) < 4.78 is 0. The highest BCUT2D eigenvalue weighted by Gasteiger charge is 2.51. The van der Waals surface area contributed by atoms with Crippen LogP contribution < -0.4 is 0 Å². The molecule has 0 heterocycles. The monoisotopic (exact) mass is 176 g/mol. The van der Waals surface area contributed by atoms with Crippen molar-refractivity contribution in [3.05, 3.63) is 34.9 Å². The average molecular weight is 176 g/mol. The Morgan fingerprint density at radius 2 is 2.00 bits per heavy atom. The van der Waals surface area contributed by atoms with Crippen molar-refractivity contribution >= 4 is 0 Å². The normalized spacial score (nSPS) is 31.8. The summed E-state index contributed by atoms with van der Waals surface area (Å²) in [5.41, 5.74) is 3.04. The van der Waals surface area contributed by atoms with Crippen LogP contribution in [0.15, 0.2) is 18.2 Å². The Balaban J connectivity index is 2.46. The van der Waals surface area contributed by atoms with E-state index in [2.05, 4.69) is 39.0 Å². The Hall–Kier alpha value is -0.820. The maximum atomic E-state index is 10.2. The average Bonchev–Trinajstić information content (AvgIpc) is 2.66. The lowest BCUT2D eigenvalue weighted by molar-refractivity contribution is 0.134. The lowest BCUT2D eigenvalue weighted by atomic mass is 9.98. The fraction of sp³-hybridized carbons (Fsp3) is 0.500. The van der Waals surface area contributed by atoms with Crippen LogP contribution in [-0.2, 0) is 5.60 Å². The molecule has 1 aromatic rings. The van der Waals surface area contributed by atoms with Crippen LogP contribution in [0.5, 0.6) is 0 Å². The van der Waals surface area contributed by atoms with Crippen LogP contribution in [0.25, 0.3) is 0 Å². The molecule has 0 amide bonds. The van der Waals surface area contributed by atoms with E-state index in [9.17, 15) is 5.11 Å². The van der Waals surface area contributed by atoms with Gasteiger partial charge in [-0.25, -0.2) is 0 Å². The van der Waals surface area contributed by atoms with E-state index in [1.807, 2.05) is 0 Å². The second-order valence-corrected chi connectivity index (χ2v) is 4.35. The Bertz CT molecular complexity index is 343. The molecule has 1 nitrogen and oxygen atoms in total. The van der Waals surface area contributed by atoms with Gasteiger partial charge in [0.05, 0.1) is 5.60 Å². The third kappa shape index (κ3) is 1.28. The largest absolute Gasteiger partial charge is 0.385 e. The van der Waals surface area contributed by atoms with Crippen molar-refractivity contribution in [1.29, 1.82) is 0 Å². The molecule has 70 valence electrons. The third-order valence-electron chi connectivity index (χ3n) is 3.13. The fourth-order valence-electron chi connectivity index (χ4n) is 1.99. The van der Waals surface area contributed by atoms with Crippen LogP contribution >= 0.6 is 0 Å². The van der Waals surface area contributed by atoms with Crippen molar-refractivity contribution in [1.82, 2.24) is 0 Å². The zero-order valence-corrected chi connectivity index (χ0v) is 8.46. The van der Waals surface area contributed by atoms with Crippen molar-refractivity contribution in [2.45, 2.75) is 32.8 Å². The molecule has 2 atom stereocenters. The number of rotatable bonds is 1. The summed E-state index contributed by atoms with van der Waals surface area (Å²) in [6, 6.07) is 6.29. The second kappa shape index (κ2) is 2.58. The lowest BCUT2D eigenvalue weighted by Crippen LogP contribution is -2.09. The molecule has 1 saturated carbocycles. The van der Waals surface area contributed by atoms with Gasteiger partial charge in [-0.15, -0.1) is 0 Å².